The Morgan fingerprint density at radius 1 is 1.00 bits per heavy atom. The Balaban J connectivity index is 1.92. The van der Waals surface area contributed by atoms with E-state index in [1.54, 1.807) is 6.07 Å². The highest BCUT2D eigenvalue weighted by atomic mass is 35.7. The molecule has 1 heterocycles. The van der Waals surface area contributed by atoms with Crippen LogP contribution in [-0.2, 0) is 13.8 Å². The molecule has 6 heteroatoms. The van der Waals surface area contributed by atoms with Crippen molar-refractivity contribution in [2.24, 2.45) is 0 Å². The monoisotopic (exact) mass is 335 g/mol. The minimum absolute atomic E-state index is 0.0681. The van der Waals surface area contributed by atoms with Gasteiger partial charge in [-0.3, -0.25) is 4.79 Å². The maximum absolute atomic E-state index is 12.1. The van der Waals surface area contributed by atoms with Gasteiger partial charge in [-0.2, -0.15) is 0 Å². The number of halogens is 1. The average molecular weight is 336 g/mol. The normalized spacial score (nSPS) is 18.7. The van der Waals surface area contributed by atoms with Crippen molar-refractivity contribution in [1.82, 2.24) is 0 Å². The van der Waals surface area contributed by atoms with Crippen LogP contribution in [0.15, 0.2) is 54.6 Å². The number of hydrogen-bond acceptors (Lipinski definition) is 3. The van der Waals surface area contributed by atoms with Crippen molar-refractivity contribution >= 4 is 31.3 Å². The molecule has 0 aromatic heterocycles. The first-order valence-corrected chi connectivity index (χ1v) is 9.22. The second-order valence-electron chi connectivity index (χ2n) is 5.22. The smallest absolute Gasteiger partial charge is 0.237 e. The molecule has 0 bridgehead atoms. The number of rotatable bonds is 3. The van der Waals surface area contributed by atoms with E-state index < -0.39 is 14.3 Å². The van der Waals surface area contributed by atoms with E-state index >= 15 is 0 Å². The van der Waals surface area contributed by atoms with Gasteiger partial charge >= 0.3 is 0 Å². The highest BCUT2D eigenvalue weighted by Crippen LogP contribution is 2.30. The van der Waals surface area contributed by atoms with Crippen molar-refractivity contribution < 1.29 is 13.2 Å². The van der Waals surface area contributed by atoms with Gasteiger partial charge in [0.05, 0.1) is 0 Å². The molecule has 2 aromatic carbocycles. The van der Waals surface area contributed by atoms with Crippen molar-refractivity contribution in [2.75, 3.05) is 11.4 Å². The van der Waals surface area contributed by atoms with E-state index in [-0.39, 0.29) is 18.9 Å². The summed E-state index contributed by atoms with van der Waals surface area (Å²) < 4.78 is 22.9. The molecule has 2 aromatic rings. The lowest BCUT2D eigenvalue weighted by Crippen LogP contribution is -2.26. The van der Waals surface area contributed by atoms with Gasteiger partial charge in [-0.25, -0.2) is 8.42 Å². The Morgan fingerprint density at radius 2 is 1.68 bits per heavy atom. The fraction of sp³-hybridized carbons (Fsp3) is 0.188. The molecule has 0 radical (unpaired) electrons. The zero-order valence-electron chi connectivity index (χ0n) is 11.6. The summed E-state index contributed by atoms with van der Waals surface area (Å²) in [6, 6.07) is 17.3. The number of hydrogen-bond donors (Lipinski definition) is 0. The maximum Gasteiger partial charge on any atom is 0.237 e. The third kappa shape index (κ3) is 3.00. The molecule has 1 amide bonds. The minimum Gasteiger partial charge on any atom is -0.311 e. The number of benzene rings is 2. The maximum atomic E-state index is 12.1. The third-order valence-electron chi connectivity index (χ3n) is 3.75. The van der Waals surface area contributed by atoms with E-state index in [0.717, 1.165) is 11.1 Å². The van der Waals surface area contributed by atoms with Crippen LogP contribution in [0.3, 0.4) is 0 Å². The molecular weight excluding hydrogens is 322 g/mol. The first kappa shape index (κ1) is 15.1. The van der Waals surface area contributed by atoms with Crippen molar-refractivity contribution in [3.8, 4) is 11.1 Å². The van der Waals surface area contributed by atoms with Gasteiger partial charge in [0.25, 0.3) is 0 Å². The summed E-state index contributed by atoms with van der Waals surface area (Å²) in [4.78, 5) is 13.6. The number of nitrogens with zero attached hydrogens (tertiary/aromatic N) is 1. The molecule has 1 unspecified atom stereocenters. The predicted octanol–water partition coefficient (Wildman–Crippen LogP) is 3.03. The molecule has 1 saturated heterocycles. The molecule has 1 fully saturated rings. The molecule has 0 aliphatic carbocycles. The highest BCUT2D eigenvalue weighted by Gasteiger charge is 2.37. The number of carbonyl (C=O) groups excluding carboxylic acids is 1. The number of amides is 1. The van der Waals surface area contributed by atoms with Gasteiger partial charge in [0, 0.05) is 29.3 Å². The quantitative estimate of drug-likeness (QED) is 0.810. The first-order valence-electron chi connectivity index (χ1n) is 6.84. The van der Waals surface area contributed by atoms with Gasteiger partial charge in [0.1, 0.15) is 5.25 Å². The van der Waals surface area contributed by atoms with Crippen LogP contribution in [-0.4, -0.2) is 26.1 Å². The van der Waals surface area contributed by atoms with E-state index in [1.165, 1.54) is 4.90 Å². The van der Waals surface area contributed by atoms with Crippen LogP contribution < -0.4 is 4.90 Å². The lowest BCUT2D eigenvalue weighted by atomic mass is 10.1. The van der Waals surface area contributed by atoms with Gasteiger partial charge in [-0.05, 0) is 23.3 Å². The van der Waals surface area contributed by atoms with E-state index in [1.807, 2.05) is 48.5 Å². The first-order chi connectivity index (χ1) is 10.4. The summed E-state index contributed by atoms with van der Waals surface area (Å²) in [6.45, 7) is 0.100. The Kier molecular flexibility index (Phi) is 3.93. The van der Waals surface area contributed by atoms with Gasteiger partial charge in [-0.15, -0.1) is 0 Å². The molecule has 0 N–H and O–H groups in total. The lowest BCUT2D eigenvalue weighted by Gasteiger charge is -2.17. The van der Waals surface area contributed by atoms with Crippen LogP contribution in [0.2, 0.25) is 0 Å². The van der Waals surface area contributed by atoms with Crippen molar-refractivity contribution in [2.45, 2.75) is 11.7 Å². The van der Waals surface area contributed by atoms with Gasteiger partial charge < -0.3 is 4.90 Å². The molecule has 1 atom stereocenters. The molecule has 22 heavy (non-hydrogen) atoms. The van der Waals surface area contributed by atoms with Crippen molar-refractivity contribution in [3.05, 3.63) is 54.6 Å². The van der Waals surface area contributed by atoms with Crippen LogP contribution in [0.4, 0.5) is 5.69 Å². The zero-order valence-corrected chi connectivity index (χ0v) is 13.2. The van der Waals surface area contributed by atoms with Crippen LogP contribution in [0.1, 0.15) is 6.42 Å². The zero-order chi connectivity index (χ0) is 15.7. The fourth-order valence-corrected chi connectivity index (χ4v) is 3.62. The molecule has 0 spiro atoms. The molecule has 114 valence electrons. The number of anilines is 1. The second-order valence-corrected chi connectivity index (χ2v) is 8.13. The third-order valence-corrected chi connectivity index (χ3v) is 5.62. The molecule has 1 aliphatic rings. The standard InChI is InChI=1S/C16H14ClNO3S/c17-22(20,21)15-10-16(19)18(11-15)14-8-4-7-13(9-14)12-5-2-1-3-6-12/h1-9,15H,10-11H2. The molecule has 3 rings (SSSR count). The Labute approximate surface area is 133 Å². The van der Waals surface area contributed by atoms with Crippen LogP contribution in [0.25, 0.3) is 11.1 Å². The van der Waals surface area contributed by atoms with Gasteiger partial charge in [-0.1, -0.05) is 42.5 Å². The fourth-order valence-electron chi connectivity index (χ4n) is 2.60. The SMILES string of the molecule is O=C1CC(S(=O)(=O)Cl)CN1c1cccc(-c2ccccc2)c1. The van der Waals surface area contributed by atoms with Gasteiger partial charge in [0.2, 0.25) is 15.0 Å². The molecule has 0 saturated carbocycles. The Morgan fingerprint density at radius 3 is 2.32 bits per heavy atom. The van der Waals surface area contributed by atoms with Crippen LogP contribution in [0, 0.1) is 0 Å². The topological polar surface area (TPSA) is 54.5 Å². The van der Waals surface area contributed by atoms with Crippen LogP contribution >= 0.6 is 10.7 Å². The minimum atomic E-state index is -3.73. The van der Waals surface area contributed by atoms with E-state index in [0.29, 0.717) is 5.69 Å². The number of carbonyl (C=O) groups is 1. The van der Waals surface area contributed by atoms with Crippen LogP contribution in [0.5, 0.6) is 0 Å². The van der Waals surface area contributed by atoms with E-state index in [2.05, 4.69) is 0 Å². The Hall–Kier alpha value is -1.85. The largest absolute Gasteiger partial charge is 0.311 e. The summed E-state index contributed by atoms with van der Waals surface area (Å²) in [5.74, 6) is -0.223. The van der Waals surface area contributed by atoms with Crippen molar-refractivity contribution in [1.29, 1.82) is 0 Å². The second kappa shape index (κ2) is 5.74. The summed E-state index contributed by atoms with van der Waals surface area (Å²) >= 11 is 0. The Bertz CT molecular complexity index is 805. The predicted molar refractivity (Wildman–Crippen MR) is 87.4 cm³/mol. The average Bonchev–Trinajstić information content (AvgIpc) is 2.90. The summed E-state index contributed by atoms with van der Waals surface area (Å²) in [6.07, 6.45) is -0.0681. The highest BCUT2D eigenvalue weighted by molar-refractivity contribution is 8.14. The van der Waals surface area contributed by atoms with Crippen molar-refractivity contribution in [3.63, 3.8) is 0 Å². The van der Waals surface area contributed by atoms with Gasteiger partial charge in [0.15, 0.2) is 0 Å². The van der Waals surface area contributed by atoms with E-state index in [9.17, 15) is 13.2 Å². The summed E-state index contributed by atoms with van der Waals surface area (Å²) in [7, 11) is 1.65. The summed E-state index contributed by atoms with van der Waals surface area (Å²) in [5.41, 5.74) is 2.70. The molecule has 1 aliphatic heterocycles. The molecule has 4 nitrogen and oxygen atoms in total. The summed E-state index contributed by atoms with van der Waals surface area (Å²) in [5, 5.41) is -0.845. The lowest BCUT2D eigenvalue weighted by molar-refractivity contribution is -0.117. The molecular formula is C16H14ClNO3S. The van der Waals surface area contributed by atoms with E-state index in [4.69, 9.17) is 10.7 Å².